The monoisotopic (exact) mass is 476 g/mol. The molecule has 0 aliphatic carbocycles. The van der Waals surface area contributed by atoms with Crippen LogP contribution in [0.3, 0.4) is 0 Å². The third kappa shape index (κ3) is 5.31. The van der Waals surface area contributed by atoms with Crippen LogP contribution in [0.15, 0.2) is 77.7 Å². The van der Waals surface area contributed by atoms with Gasteiger partial charge in [0.2, 0.25) is 0 Å². The summed E-state index contributed by atoms with van der Waals surface area (Å²) in [6.45, 7) is 1.67. The predicted octanol–water partition coefficient (Wildman–Crippen LogP) is 5.40. The van der Waals surface area contributed by atoms with Crippen molar-refractivity contribution in [2.45, 2.75) is 23.6 Å². The minimum atomic E-state index is -4.45. The van der Waals surface area contributed by atoms with Crippen molar-refractivity contribution in [1.29, 1.82) is 0 Å². The maximum absolute atomic E-state index is 13.0. The average molecular weight is 477 g/mol. The lowest BCUT2D eigenvalue weighted by Gasteiger charge is -2.19. The number of hydrogen-bond donors (Lipinski definition) is 1. The molecule has 3 aromatic rings. The number of anilines is 2. The largest absolute Gasteiger partial charge is 0.416 e. The van der Waals surface area contributed by atoms with Crippen molar-refractivity contribution in [1.82, 2.24) is 0 Å². The van der Waals surface area contributed by atoms with E-state index in [-0.39, 0.29) is 11.0 Å². The van der Waals surface area contributed by atoms with Crippen molar-refractivity contribution in [2.75, 3.05) is 29.8 Å². The van der Waals surface area contributed by atoms with Crippen LogP contribution in [0, 0.1) is 0 Å². The third-order valence-electron chi connectivity index (χ3n) is 5.65. The summed E-state index contributed by atoms with van der Waals surface area (Å²) in [5.74, 6) is 0. The van der Waals surface area contributed by atoms with Gasteiger partial charge in [-0.15, -0.1) is 0 Å². The molecule has 0 radical (unpaired) electrons. The average Bonchev–Trinajstić information content (AvgIpc) is 3.28. The number of sulfonamides is 1. The van der Waals surface area contributed by atoms with Gasteiger partial charge in [0.25, 0.3) is 10.0 Å². The summed E-state index contributed by atoms with van der Waals surface area (Å²) in [5.41, 5.74) is 1.50. The second-order valence-electron chi connectivity index (χ2n) is 7.85. The minimum Gasteiger partial charge on any atom is -0.380 e. The van der Waals surface area contributed by atoms with Crippen LogP contribution in [0.25, 0.3) is 11.1 Å². The fraction of sp³-hybridized carbons (Fsp3) is 0.250. The van der Waals surface area contributed by atoms with Gasteiger partial charge in [-0.05, 0) is 66.1 Å². The molecule has 1 fully saturated rings. The van der Waals surface area contributed by atoms with Crippen LogP contribution in [-0.4, -0.2) is 34.7 Å². The number of nitrogens with one attached hydrogen (secondary N) is 1. The van der Waals surface area contributed by atoms with Gasteiger partial charge >= 0.3 is 6.18 Å². The second-order valence-corrected chi connectivity index (χ2v) is 9.53. The molecule has 1 atom stereocenters. The normalized spacial score (nSPS) is 16.7. The molecule has 9 heteroatoms. The first kappa shape index (κ1) is 23.1. The molecule has 0 saturated carbocycles. The van der Waals surface area contributed by atoms with Crippen molar-refractivity contribution in [3.05, 3.63) is 78.4 Å². The number of nitrogens with zero attached hydrogens (tertiary/aromatic N) is 1. The molecule has 1 unspecified atom stereocenters. The molecule has 0 spiro atoms. The molecule has 1 N–H and O–H groups in total. The van der Waals surface area contributed by atoms with Crippen LogP contribution in [-0.2, 0) is 20.9 Å². The Kier molecular flexibility index (Phi) is 6.36. The van der Waals surface area contributed by atoms with Gasteiger partial charge in [-0.1, -0.05) is 24.3 Å². The molecular formula is C24H23F3N2O3S. The van der Waals surface area contributed by atoms with E-state index < -0.39 is 21.8 Å². The fourth-order valence-electron chi connectivity index (χ4n) is 3.81. The van der Waals surface area contributed by atoms with Crippen LogP contribution in [0.5, 0.6) is 0 Å². The van der Waals surface area contributed by atoms with Crippen LogP contribution >= 0.6 is 0 Å². The molecule has 1 saturated heterocycles. The summed E-state index contributed by atoms with van der Waals surface area (Å²) in [7, 11) is -2.16. The van der Waals surface area contributed by atoms with E-state index in [0.29, 0.717) is 16.8 Å². The molecule has 0 aromatic heterocycles. The Bertz CT molecular complexity index is 1210. The lowest BCUT2D eigenvalue weighted by atomic mass is 10.0. The number of rotatable bonds is 6. The van der Waals surface area contributed by atoms with E-state index in [1.54, 1.807) is 25.3 Å². The number of ether oxygens (including phenoxy) is 1. The van der Waals surface area contributed by atoms with Crippen LogP contribution < -0.4 is 9.62 Å². The van der Waals surface area contributed by atoms with Crippen LogP contribution in [0.4, 0.5) is 24.5 Å². The van der Waals surface area contributed by atoms with Gasteiger partial charge in [-0.25, -0.2) is 8.42 Å². The first-order valence-electron chi connectivity index (χ1n) is 10.3. The molecule has 4 rings (SSSR count). The third-order valence-corrected chi connectivity index (χ3v) is 7.05. The molecule has 1 aliphatic rings. The molecule has 33 heavy (non-hydrogen) atoms. The lowest BCUT2D eigenvalue weighted by molar-refractivity contribution is -0.137. The summed E-state index contributed by atoms with van der Waals surface area (Å²) in [4.78, 5) is 2.20. The van der Waals surface area contributed by atoms with Gasteiger partial charge in [-0.2, -0.15) is 13.2 Å². The molecule has 0 bridgehead atoms. The Morgan fingerprint density at radius 1 is 0.970 bits per heavy atom. The standard InChI is InChI=1S/C24H23F3N2O3S/c1-32-22-13-14-29(16-22)21-9-7-20(8-10-21)28-33(30,31)23-11-5-17(6-12-23)18-3-2-4-19(15-18)24(25,26)27/h2-12,15,22,28H,13-14,16H2,1H3. The molecule has 5 nitrogen and oxygen atoms in total. The Balaban J connectivity index is 1.47. The van der Waals surface area contributed by atoms with Crippen molar-refractivity contribution >= 4 is 21.4 Å². The zero-order valence-corrected chi connectivity index (χ0v) is 18.7. The van der Waals surface area contributed by atoms with E-state index in [9.17, 15) is 21.6 Å². The molecule has 1 heterocycles. The number of alkyl halides is 3. The minimum absolute atomic E-state index is 0.0183. The van der Waals surface area contributed by atoms with Gasteiger partial charge in [-0.3, -0.25) is 4.72 Å². The van der Waals surface area contributed by atoms with Crippen LogP contribution in [0.2, 0.25) is 0 Å². The molecule has 3 aromatic carbocycles. The first-order chi connectivity index (χ1) is 15.7. The molecule has 174 valence electrons. The quantitative estimate of drug-likeness (QED) is 0.518. The topological polar surface area (TPSA) is 58.6 Å². The van der Waals surface area contributed by atoms with E-state index >= 15 is 0 Å². The number of benzene rings is 3. The highest BCUT2D eigenvalue weighted by Gasteiger charge is 2.30. The van der Waals surface area contributed by atoms with E-state index in [2.05, 4.69) is 9.62 Å². The first-order valence-corrected chi connectivity index (χ1v) is 11.8. The highest BCUT2D eigenvalue weighted by atomic mass is 32.2. The smallest absolute Gasteiger partial charge is 0.380 e. The zero-order valence-electron chi connectivity index (χ0n) is 17.8. The van der Waals surface area contributed by atoms with E-state index in [1.807, 2.05) is 12.1 Å². The van der Waals surface area contributed by atoms with Crippen molar-refractivity contribution in [3.63, 3.8) is 0 Å². The Morgan fingerprint density at radius 3 is 2.27 bits per heavy atom. The van der Waals surface area contributed by atoms with E-state index in [0.717, 1.165) is 37.3 Å². The maximum Gasteiger partial charge on any atom is 0.416 e. The molecule has 0 amide bonds. The SMILES string of the molecule is COC1CCN(c2ccc(NS(=O)(=O)c3ccc(-c4cccc(C(F)(F)F)c4)cc3)cc2)C1. The highest BCUT2D eigenvalue weighted by Crippen LogP contribution is 2.32. The van der Waals surface area contributed by atoms with Gasteiger partial charge in [0.05, 0.1) is 16.6 Å². The summed E-state index contributed by atoms with van der Waals surface area (Å²) in [5, 5.41) is 0. The van der Waals surface area contributed by atoms with Gasteiger partial charge in [0.1, 0.15) is 0 Å². The predicted molar refractivity (Wildman–Crippen MR) is 122 cm³/mol. The van der Waals surface area contributed by atoms with Gasteiger partial charge < -0.3 is 9.64 Å². The Labute approximate surface area is 190 Å². The fourth-order valence-corrected chi connectivity index (χ4v) is 4.87. The van der Waals surface area contributed by atoms with Gasteiger partial charge in [0, 0.05) is 31.6 Å². The van der Waals surface area contributed by atoms with E-state index in [1.165, 1.54) is 30.3 Å². The lowest BCUT2D eigenvalue weighted by Crippen LogP contribution is -2.22. The zero-order chi connectivity index (χ0) is 23.6. The number of halogens is 3. The number of methoxy groups -OCH3 is 1. The van der Waals surface area contributed by atoms with E-state index in [4.69, 9.17) is 4.74 Å². The number of hydrogen-bond acceptors (Lipinski definition) is 4. The summed E-state index contributed by atoms with van der Waals surface area (Å²) in [6, 6.07) is 17.8. The molecule has 1 aliphatic heterocycles. The van der Waals surface area contributed by atoms with Gasteiger partial charge in [0.15, 0.2) is 0 Å². The summed E-state index contributed by atoms with van der Waals surface area (Å²) in [6.07, 6.45) is -3.30. The van der Waals surface area contributed by atoms with Crippen molar-refractivity contribution < 1.29 is 26.3 Å². The summed E-state index contributed by atoms with van der Waals surface area (Å²) >= 11 is 0. The van der Waals surface area contributed by atoms with Crippen LogP contribution in [0.1, 0.15) is 12.0 Å². The van der Waals surface area contributed by atoms with Crippen molar-refractivity contribution in [3.8, 4) is 11.1 Å². The highest BCUT2D eigenvalue weighted by molar-refractivity contribution is 7.92. The summed E-state index contributed by atoms with van der Waals surface area (Å²) < 4.78 is 72.3. The Hall–Kier alpha value is -3.04. The maximum atomic E-state index is 13.0. The Morgan fingerprint density at radius 2 is 1.67 bits per heavy atom. The van der Waals surface area contributed by atoms with Crippen molar-refractivity contribution in [2.24, 2.45) is 0 Å². The second kappa shape index (κ2) is 9.07. The molecular weight excluding hydrogens is 453 g/mol.